The van der Waals surface area contributed by atoms with Gasteiger partial charge < -0.3 is 4.43 Å². The molecule has 3 heteroatoms. The van der Waals surface area contributed by atoms with Crippen molar-refractivity contribution in [2.24, 2.45) is 0 Å². The van der Waals surface area contributed by atoms with Gasteiger partial charge in [-0.1, -0.05) is 122 Å². The number of hydrogen-bond donors (Lipinski definition) is 0. The molecular weight excluding hydrogens is 460 g/mol. The molecule has 1 aliphatic carbocycles. The van der Waals surface area contributed by atoms with Gasteiger partial charge in [0.05, 0.1) is 0 Å². The van der Waals surface area contributed by atoms with Crippen LogP contribution < -0.4 is 10.4 Å². The molecular formula is C28H27BrOSi. The highest BCUT2D eigenvalue weighted by Gasteiger charge is 2.52. The van der Waals surface area contributed by atoms with Gasteiger partial charge in [-0.2, -0.15) is 0 Å². The largest absolute Gasteiger partial charge is 0.396 e. The van der Waals surface area contributed by atoms with Crippen molar-refractivity contribution in [1.29, 1.82) is 0 Å². The van der Waals surface area contributed by atoms with Gasteiger partial charge in [0.25, 0.3) is 8.32 Å². The van der Waals surface area contributed by atoms with Crippen molar-refractivity contribution in [3.8, 4) is 0 Å². The Balaban J connectivity index is 1.98. The Labute approximate surface area is 195 Å². The molecule has 31 heavy (non-hydrogen) atoms. The van der Waals surface area contributed by atoms with Crippen molar-refractivity contribution in [2.75, 3.05) is 0 Å². The van der Waals surface area contributed by atoms with Gasteiger partial charge >= 0.3 is 0 Å². The van der Waals surface area contributed by atoms with E-state index >= 15 is 0 Å². The van der Waals surface area contributed by atoms with E-state index in [2.05, 4.69) is 127 Å². The summed E-state index contributed by atoms with van der Waals surface area (Å²) >= 11 is 3.77. The molecule has 1 atom stereocenters. The second-order valence-corrected chi connectivity index (χ2v) is 13.9. The van der Waals surface area contributed by atoms with Gasteiger partial charge in [0, 0.05) is 10.0 Å². The summed E-state index contributed by atoms with van der Waals surface area (Å²) in [7, 11) is -2.72. The fourth-order valence-corrected chi connectivity index (χ4v) is 9.47. The van der Waals surface area contributed by atoms with Crippen molar-refractivity contribution < 1.29 is 4.43 Å². The normalized spacial score (nSPS) is 14.5. The lowest BCUT2D eigenvalue weighted by Crippen LogP contribution is -2.67. The molecule has 0 saturated carbocycles. The molecule has 0 spiro atoms. The van der Waals surface area contributed by atoms with Crippen LogP contribution in [0.4, 0.5) is 0 Å². The van der Waals surface area contributed by atoms with Crippen LogP contribution in [0.2, 0.25) is 5.04 Å². The highest BCUT2D eigenvalue weighted by atomic mass is 79.9. The molecule has 156 valence electrons. The molecule has 0 N–H and O–H groups in total. The van der Waals surface area contributed by atoms with Crippen LogP contribution in [-0.2, 0) is 4.43 Å². The Morgan fingerprint density at radius 1 is 0.806 bits per heavy atom. The lowest BCUT2D eigenvalue weighted by atomic mass is 10.0. The second-order valence-electron chi connectivity index (χ2n) is 8.81. The Kier molecular flexibility index (Phi) is 6.31. The van der Waals surface area contributed by atoms with Gasteiger partial charge in [0.1, 0.15) is 6.10 Å². The predicted octanol–water partition coefficient (Wildman–Crippen LogP) is 6.72. The first-order valence-electron chi connectivity index (χ1n) is 10.6. The second kappa shape index (κ2) is 8.98. The van der Waals surface area contributed by atoms with E-state index in [4.69, 9.17) is 4.43 Å². The summed E-state index contributed by atoms with van der Waals surface area (Å²) in [6.45, 7) is 6.93. The van der Waals surface area contributed by atoms with Crippen molar-refractivity contribution in [2.45, 2.75) is 31.9 Å². The number of benzene rings is 3. The molecule has 0 fully saturated rings. The predicted molar refractivity (Wildman–Crippen MR) is 136 cm³/mol. The van der Waals surface area contributed by atoms with Crippen molar-refractivity contribution >= 4 is 34.6 Å². The zero-order valence-electron chi connectivity index (χ0n) is 18.2. The standard InChI is InChI=1S/C28H27BrOSi/c1-28(2,3)31(23-16-6-4-7-17-23,24-18-8-5-9-19-24)30-27(22-14-10-11-15-22)25-20-12-13-21-26(25)29/h4-14,16-21,27H,1-3H3. The Morgan fingerprint density at radius 2 is 1.35 bits per heavy atom. The van der Waals surface area contributed by atoms with E-state index in [9.17, 15) is 0 Å². The van der Waals surface area contributed by atoms with E-state index in [-0.39, 0.29) is 11.1 Å². The minimum absolute atomic E-state index is 0.0954. The quantitative estimate of drug-likeness (QED) is 0.277. The SMILES string of the molecule is CC(C)(C)[Si](OC(C1=C=CC=C1)c1ccccc1Br)(c1ccccc1)c1ccccc1. The maximum atomic E-state index is 7.46. The molecule has 1 unspecified atom stereocenters. The third-order valence-electron chi connectivity index (χ3n) is 5.80. The van der Waals surface area contributed by atoms with Gasteiger partial charge in [0.15, 0.2) is 0 Å². The fraction of sp³-hybridized carbons (Fsp3) is 0.179. The van der Waals surface area contributed by atoms with Crippen LogP contribution >= 0.6 is 15.9 Å². The first kappa shape index (κ1) is 21.8. The van der Waals surface area contributed by atoms with Crippen LogP contribution in [0.1, 0.15) is 32.4 Å². The maximum absolute atomic E-state index is 7.46. The summed E-state index contributed by atoms with van der Waals surface area (Å²) in [6.07, 6.45) is 5.89. The Hall–Kier alpha value is -2.42. The highest BCUT2D eigenvalue weighted by molar-refractivity contribution is 9.10. The topological polar surface area (TPSA) is 9.23 Å². The van der Waals surface area contributed by atoms with Gasteiger partial charge in [0.2, 0.25) is 0 Å². The lowest BCUT2D eigenvalue weighted by Gasteiger charge is -2.45. The molecule has 1 aliphatic rings. The van der Waals surface area contributed by atoms with Gasteiger partial charge in [-0.3, -0.25) is 0 Å². The van der Waals surface area contributed by atoms with Crippen LogP contribution in [0.15, 0.2) is 119 Å². The summed E-state index contributed by atoms with van der Waals surface area (Å²) in [5, 5.41) is 2.46. The van der Waals surface area contributed by atoms with Crippen LogP contribution in [0.5, 0.6) is 0 Å². The van der Waals surface area contributed by atoms with Crippen LogP contribution in [0.25, 0.3) is 0 Å². The summed E-state index contributed by atoms with van der Waals surface area (Å²) in [4.78, 5) is 0. The van der Waals surface area contributed by atoms with E-state index in [1.165, 1.54) is 10.4 Å². The maximum Gasteiger partial charge on any atom is 0.262 e. The molecule has 0 aromatic heterocycles. The minimum Gasteiger partial charge on any atom is -0.396 e. The zero-order valence-corrected chi connectivity index (χ0v) is 20.8. The molecule has 3 aromatic rings. The summed E-state index contributed by atoms with van der Waals surface area (Å²) in [5.74, 6) is 0. The van der Waals surface area contributed by atoms with Crippen molar-refractivity contribution in [3.05, 3.63) is 124 Å². The lowest BCUT2D eigenvalue weighted by molar-refractivity contribution is 0.229. The minimum atomic E-state index is -2.72. The molecule has 0 amide bonds. The number of allylic oxidation sites excluding steroid dienone is 1. The third-order valence-corrected chi connectivity index (χ3v) is 11.5. The smallest absolute Gasteiger partial charge is 0.262 e. The molecule has 0 saturated heterocycles. The fourth-order valence-electron chi connectivity index (χ4n) is 4.36. The molecule has 3 aromatic carbocycles. The van der Waals surface area contributed by atoms with Crippen LogP contribution in [0, 0.1) is 0 Å². The van der Waals surface area contributed by atoms with Gasteiger partial charge in [-0.05, 0) is 39.2 Å². The molecule has 1 nitrogen and oxygen atoms in total. The van der Waals surface area contributed by atoms with E-state index in [1.807, 2.05) is 18.2 Å². The van der Waals surface area contributed by atoms with E-state index in [0.717, 1.165) is 15.6 Å². The van der Waals surface area contributed by atoms with Gasteiger partial charge in [-0.25, -0.2) is 0 Å². The summed E-state index contributed by atoms with van der Waals surface area (Å²) in [6, 6.07) is 29.9. The number of rotatable bonds is 6. The highest BCUT2D eigenvalue weighted by Crippen LogP contribution is 2.43. The van der Waals surface area contributed by atoms with E-state index in [1.54, 1.807) is 0 Å². The first-order valence-corrected chi connectivity index (χ1v) is 13.3. The van der Waals surface area contributed by atoms with Gasteiger partial charge in [-0.15, -0.1) is 5.73 Å². The Bertz CT molecular complexity index is 1100. The van der Waals surface area contributed by atoms with Crippen molar-refractivity contribution in [3.63, 3.8) is 0 Å². The first-order chi connectivity index (χ1) is 14.9. The zero-order chi connectivity index (χ0) is 21.9. The third kappa shape index (κ3) is 4.20. The average Bonchev–Trinajstić information content (AvgIpc) is 3.30. The van der Waals surface area contributed by atoms with E-state index in [0.29, 0.717) is 0 Å². The molecule has 0 bridgehead atoms. The van der Waals surface area contributed by atoms with Crippen LogP contribution in [0.3, 0.4) is 0 Å². The van der Waals surface area contributed by atoms with Crippen molar-refractivity contribution in [1.82, 2.24) is 0 Å². The molecule has 0 heterocycles. The molecule has 0 radical (unpaired) electrons. The van der Waals surface area contributed by atoms with E-state index < -0.39 is 8.32 Å². The number of hydrogen-bond acceptors (Lipinski definition) is 1. The summed E-state index contributed by atoms with van der Waals surface area (Å²) in [5.41, 5.74) is 5.59. The summed E-state index contributed by atoms with van der Waals surface area (Å²) < 4.78 is 8.51. The number of halogens is 1. The molecule has 0 aliphatic heterocycles. The molecule has 4 rings (SSSR count). The average molecular weight is 488 g/mol. The monoisotopic (exact) mass is 486 g/mol. The van der Waals surface area contributed by atoms with Crippen LogP contribution in [-0.4, -0.2) is 8.32 Å². The Morgan fingerprint density at radius 3 is 1.84 bits per heavy atom.